The van der Waals surface area contributed by atoms with E-state index in [0.29, 0.717) is 35.3 Å². The lowest BCUT2D eigenvalue weighted by Gasteiger charge is -2.40. The fraction of sp³-hybridized carbons (Fsp3) is 0.588. The molecule has 0 saturated carbocycles. The summed E-state index contributed by atoms with van der Waals surface area (Å²) in [5.74, 6) is -0.591. The number of unbranched alkanes of at least 4 members (excludes halogenated alkanes) is 5. The molecule has 2 saturated heterocycles. The zero-order chi connectivity index (χ0) is 34.8. The van der Waals surface area contributed by atoms with Crippen molar-refractivity contribution >= 4 is 11.8 Å². The minimum atomic E-state index is -1.50. The summed E-state index contributed by atoms with van der Waals surface area (Å²) in [6.07, 6.45) is -7.61. The number of carbonyl (C=O) groups excluding carboxylic acids is 2. The van der Waals surface area contributed by atoms with Gasteiger partial charge in [0.05, 0.1) is 13.2 Å². The van der Waals surface area contributed by atoms with E-state index in [9.17, 15) is 50.4 Å². The van der Waals surface area contributed by atoms with Crippen molar-refractivity contribution in [2.45, 2.75) is 99.6 Å². The Morgan fingerprint density at radius 3 is 1.29 bits per heavy atom. The molecule has 0 unspecified atom stereocenters. The number of amides is 2. The normalized spacial score (nSPS) is 30.5. The molecule has 2 aliphatic heterocycles. The van der Waals surface area contributed by atoms with Crippen molar-refractivity contribution < 1.29 is 59.9 Å². The molecule has 0 aliphatic carbocycles. The second-order valence-electron chi connectivity index (χ2n) is 12.4. The highest BCUT2D eigenvalue weighted by Gasteiger charge is 2.45. The van der Waals surface area contributed by atoms with Gasteiger partial charge in [-0.25, -0.2) is 0 Å². The zero-order valence-electron chi connectivity index (χ0n) is 26.7. The molecule has 10 atom stereocenters. The van der Waals surface area contributed by atoms with Gasteiger partial charge in [-0.1, -0.05) is 49.9 Å². The van der Waals surface area contributed by atoms with Gasteiger partial charge < -0.3 is 61.0 Å². The molecule has 2 fully saturated rings. The van der Waals surface area contributed by atoms with Gasteiger partial charge in [0, 0.05) is 24.2 Å². The van der Waals surface area contributed by atoms with Gasteiger partial charge in [0.1, 0.15) is 61.0 Å². The lowest BCUT2D eigenvalue weighted by atomic mass is 9.90. The Morgan fingerprint density at radius 1 is 0.542 bits per heavy atom. The number of rotatable bonds is 15. The SMILES string of the molecule is O=C(NCCCCCCCCNC(=O)c1cccc([C@H]2O[C@H](CO)[C@@H](O)[C@H](O)[C@@H]2O)c1)c1cccc([C@H]2O[C@H](CO)[C@@H](O)[C@H](O)[C@H]2O)c1. The van der Waals surface area contributed by atoms with E-state index < -0.39 is 74.3 Å². The van der Waals surface area contributed by atoms with Crippen molar-refractivity contribution in [1.82, 2.24) is 10.6 Å². The highest BCUT2D eigenvalue weighted by Crippen LogP contribution is 2.34. The minimum Gasteiger partial charge on any atom is -0.394 e. The van der Waals surface area contributed by atoms with Crippen molar-refractivity contribution in [2.24, 2.45) is 0 Å². The van der Waals surface area contributed by atoms with Crippen LogP contribution >= 0.6 is 0 Å². The lowest BCUT2D eigenvalue weighted by molar-refractivity contribution is -0.231. The van der Waals surface area contributed by atoms with Gasteiger partial charge in [-0.15, -0.1) is 0 Å². The van der Waals surface area contributed by atoms with E-state index in [1.165, 1.54) is 0 Å². The van der Waals surface area contributed by atoms with E-state index in [1.54, 1.807) is 48.5 Å². The van der Waals surface area contributed by atoms with Crippen LogP contribution < -0.4 is 10.6 Å². The molecule has 2 aromatic rings. The molecule has 0 aromatic heterocycles. The average Bonchev–Trinajstić information content (AvgIpc) is 3.10. The van der Waals surface area contributed by atoms with Gasteiger partial charge in [-0.3, -0.25) is 9.59 Å². The molecule has 2 aromatic carbocycles. The maximum absolute atomic E-state index is 12.7. The Hall–Kier alpha value is -3.02. The third-order valence-corrected chi connectivity index (χ3v) is 8.91. The van der Waals surface area contributed by atoms with Crippen molar-refractivity contribution in [3.05, 3.63) is 70.8 Å². The largest absolute Gasteiger partial charge is 0.394 e. The van der Waals surface area contributed by atoms with Gasteiger partial charge in [-0.2, -0.15) is 0 Å². The molecule has 4 rings (SSSR count). The topological polar surface area (TPSA) is 238 Å². The molecule has 2 aliphatic rings. The number of hydrogen-bond acceptors (Lipinski definition) is 12. The molecule has 0 spiro atoms. The number of carbonyl (C=O) groups is 2. The van der Waals surface area contributed by atoms with Crippen LogP contribution in [0.4, 0.5) is 0 Å². The van der Waals surface area contributed by atoms with Crippen LogP contribution in [0, 0.1) is 0 Å². The highest BCUT2D eigenvalue weighted by molar-refractivity contribution is 5.94. The molecule has 10 N–H and O–H groups in total. The van der Waals surface area contributed by atoms with Crippen molar-refractivity contribution in [3.63, 3.8) is 0 Å². The third-order valence-electron chi connectivity index (χ3n) is 8.91. The van der Waals surface area contributed by atoms with Gasteiger partial charge in [0.2, 0.25) is 0 Å². The summed E-state index contributed by atoms with van der Waals surface area (Å²) >= 11 is 0. The summed E-state index contributed by atoms with van der Waals surface area (Å²) in [7, 11) is 0. The quantitative estimate of drug-likeness (QED) is 0.105. The Labute approximate surface area is 279 Å². The second kappa shape index (κ2) is 18.1. The summed E-state index contributed by atoms with van der Waals surface area (Å²) in [6.45, 7) is -0.123. The van der Waals surface area contributed by atoms with Crippen LogP contribution in [-0.4, -0.2) is 128 Å². The molecule has 14 heteroatoms. The maximum Gasteiger partial charge on any atom is 0.251 e. The molecule has 2 amide bonds. The summed E-state index contributed by atoms with van der Waals surface area (Å²) in [5, 5.41) is 85.6. The van der Waals surface area contributed by atoms with Crippen LogP contribution in [0.1, 0.15) is 82.6 Å². The number of hydrogen-bond donors (Lipinski definition) is 10. The first kappa shape index (κ1) is 37.8. The van der Waals surface area contributed by atoms with Crippen molar-refractivity contribution in [1.29, 1.82) is 0 Å². The minimum absolute atomic E-state index is 0.295. The summed E-state index contributed by atoms with van der Waals surface area (Å²) in [6, 6.07) is 12.9. The van der Waals surface area contributed by atoms with E-state index in [-0.39, 0.29) is 11.8 Å². The number of nitrogens with one attached hydrogen (secondary N) is 2. The molecule has 266 valence electrons. The van der Waals surface area contributed by atoms with Crippen LogP contribution in [0.5, 0.6) is 0 Å². The van der Waals surface area contributed by atoms with Gasteiger partial charge in [-0.05, 0) is 48.2 Å². The fourth-order valence-electron chi connectivity index (χ4n) is 6.03. The van der Waals surface area contributed by atoms with Crippen LogP contribution in [0.15, 0.2) is 48.5 Å². The van der Waals surface area contributed by atoms with Gasteiger partial charge >= 0.3 is 0 Å². The maximum atomic E-state index is 12.7. The molecule has 0 bridgehead atoms. The van der Waals surface area contributed by atoms with E-state index in [2.05, 4.69) is 10.6 Å². The molecule has 14 nitrogen and oxygen atoms in total. The smallest absolute Gasteiger partial charge is 0.251 e. The third kappa shape index (κ3) is 9.36. The zero-order valence-corrected chi connectivity index (χ0v) is 26.7. The van der Waals surface area contributed by atoms with Gasteiger partial charge in [0.15, 0.2) is 0 Å². The predicted molar refractivity (Wildman–Crippen MR) is 171 cm³/mol. The Bertz CT molecular complexity index is 1230. The van der Waals surface area contributed by atoms with Crippen molar-refractivity contribution in [2.75, 3.05) is 26.3 Å². The lowest BCUT2D eigenvalue weighted by Crippen LogP contribution is -2.55. The summed E-state index contributed by atoms with van der Waals surface area (Å²) < 4.78 is 11.2. The molecule has 0 radical (unpaired) electrons. The number of ether oxygens (including phenoxy) is 2. The standard InChI is InChI=1S/C34H48N2O12/c37-17-23-25(39)27(41)29(43)31(47-23)19-9-7-11-21(15-19)33(45)35-13-5-3-1-2-4-6-14-36-34(46)22-12-8-10-20(16-22)32-30(44)28(42)26(40)24(18-38)48-32/h7-12,15-16,23-32,37-44H,1-6,13-14,17-18H2,(H,35,45)(H,36,46)/t23-,24-,25-,26-,27+,28+,29-,30+,31-,32-/m1/s1. The van der Waals surface area contributed by atoms with E-state index in [4.69, 9.17) is 9.47 Å². The second-order valence-corrected chi connectivity index (χ2v) is 12.4. The Balaban J connectivity index is 1.10. The van der Waals surface area contributed by atoms with Crippen LogP contribution in [0.25, 0.3) is 0 Å². The number of benzene rings is 2. The van der Waals surface area contributed by atoms with Gasteiger partial charge in [0.25, 0.3) is 11.8 Å². The molecule has 2 heterocycles. The monoisotopic (exact) mass is 676 g/mol. The number of aliphatic hydroxyl groups is 8. The summed E-state index contributed by atoms with van der Waals surface area (Å²) in [4.78, 5) is 25.4. The molecular weight excluding hydrogens is 628 g/mol. The number of aliphatic hydroxyl groups excluding tert-OH is 8. The van der Waals surface area contributed by atoms with Crippen molar-refractivity contribution in [3.8, 4) is 0 Å². The molecular formula is C34H48N2O12. The fourth-order valence-corrected chi connectivity index (χ4v) is 6.03. The van der Waals surface area contributed by atoms with Crippen LogP contribution in [0.2, 0.25) is 0 Å². The predicted octanol–water partition coefficient (Wildman–Crippen LogP) is -0.783. The van der Waals surface area contributed by atoms with E-state index >= 15 is 0 Å². The summed E-state index contributed by atoms with van der Waals surface area (Å²) in [5.41, 5.74) is 1.59. The molecule has 48 heavy (non-hydrogen) atoms. The van der Waals surface area contributed by atoms with E-state index in [1.807, 2.05) is 0 Å². The average molecular weight is 677 g/mol. The Kier molecular flexibility index (Phi) is 14.3. The van der Waals surface area contributed by atoms with Crippen LogP contribution in [-0.2, 0) is 9.47 Å². The highest BCUT2D eigenvalue weighted by atomic mass is 16.6. The first-order valence-electron chi connectivity index (χ1n) is 16.4. The van der Waals surface area contributed by atoms with Crippen LogP contribution in [0.3, 0.4) is 0 Å². The first-order valence-corrected chi connectivity index (χ1v) is 16.4. The van der Waals surface area contributed by atoms with E-state index in [0.717, 1.165) is 38.5 Å². The Morgan fingerprint density at radius 2 is 0.917 bits per heavy atom. The first-order chi connectivity index (χ1) is 23.1.